The van der Waals surface area contributed by atoms with Crippen LogP contribution in [0.25, 0.3) is 0 Å². The van der Waals surface area contributed by atoms with Crippen molar-refractivity contribution in [3.8, 4) is 0 Å². The number of aldehydes is 1. The zero-order valence-electron chi connectivity index (χ0n) is 9.56. The predicted molar refractivity (Wildman–Crippen MR) is 62.1 cm³/mol. The fourth-order valence-electron chi connectivity index (χ4n) is 1.97. The molecule has 16 heavy (non-hydrogen) atoms. The highest BCUT2D eigenvalue weighted by molar-refractivity contribution is 5.64. The monoisotopic (exact) mass is 219 g/mol. The van der Waals surface area contributed by atoms with E-state index in [0.717, 1.165) is 19.4 Å². The van der Waals surface area contributed by atoms with Crippen LogP contribution in [0, 0.1) is 0 Å². The lowest BCUT2D eigenvalue weighted by Crippen LogP contribution is -2.55. The van der Waals surface area contributed by atoms with E-state index in [9.17, 15) is 4.79 Å². The highest BCUT2D eigenvalue weighted by atomic mass is 16.5. The van der Waals surface area contributed by atoms with Crippen LogP contribution in [-0.2, 0) is 16.1 Å². The molecule has 0 aliphatic carbocycles. The second-order valence-electron chi connectivity index (χ2n) is 4.43. The number of benzene rings is 1. The topological polar surface area (TPSA) is 29.5 Å². The fourth-order valence-corrected chi connectivity index (χ4v) is 1.97. The van der Waals surface area contributed by atoms with Crippen LogP contribution in [0.5, 0.6) is 0 Å². The van der Waals surface area contributed by atoms with Gasteiger partial charge in [0.15, 0.2) is 0 Å². The number of morpholine rings is 1. The summed E-state index contributed by atoms with van der Waals surface area (Å²) in [6.45, 7) is 4.74. The molecule has 0 radical (unpaired) electrons. The summed E-state index contributed by atoms with van der Waals surface area (Å²) in [5, 5.41) is 0. The summed E-state index contributed by atoms with van der Waals surface area (Å²) in [5.74, 6) is 0. The van der Waals surface area contributed by atoms with Gasteiger partial charge in [0.2, 0.25) is 0 Å². The maximum atomic E-state index is 11.2. The smallest absolute Gasteiger partial charge is 0.142 e. The standard InChI is InChI=1S/C13H17NO2/c1-13(10-15)11-16-8-7-14(13)9-12-5-3-2-4-6-12/h2-6,10H,7-9,11H2,1H3. The maximum Gasteiger partial charge on any atom is 0.142 e. The van der Waals surface area contributed by atoms with Crippen molar-refractivity contribution >= 4 is 6.29 Å². The minimum atomic E-state index is -0.478. The molecule has 0 aromatic heterocycles. The van der Waals surface area contributed by atoms with Crippen LogP contribution >= 0.6 is 0 Å². The first-order valence-corrected chi connectivity index (χ1v) is 5.58. The van der Waals surface area contributed by atoms with E-state index in [2.05, 4.69) is 17.0 Å². The van der Waals surface area contributed by atoms with Crippen LogP contribution in [0.1, 0.15) is 12.5 Å². The third-order valence-corrected chi connectivity index (χ3v) is 3.09. The Morgan fingerprint density at radius 3 is 2.88 bits per heavy atom. The Morgan fingerprint density at radius 1 is 1.44 bits per heavy atom. The molecular formula is C13H17NO2. The first-order chi connectivity index (χ1) is 7.74. The van der Waals surface area contributed by atoms with Gasteiger partial charge < -0.3 is 9.53 Å². The lowest BCUT2D eigenvalue weighted by molar-refractivity contribution is -0.129. The van der Waals surface area contributed by atoms with Crippen molar-refractivity contribution in [1.29, 1.82) is 0 Å². The highest BCUT2D eigenvalue weighted by Crippen LogP contribution is 2.20. The molecule has 1 heterocycles. The van der Waals surface area contributed by atoms with Crippen LogP contribution in [-0.4, -0.2) is 36.5 Å². The van der Waals surface area contributed by atoms with E-state index < -0.39 is 5.54 Å². The quantitative estimate of drug-likeness (QED) is 0.721. The van der Waals surface area contributed by atoms with Gasteiger partial charge in [0.1, 0.15) is 6.29 Å². The summed E-state index contributed by atoms with van der Waals surface area (Å²) in [6, 6.07) is 10.2. The molecule has 0 spiro atoms. The SMILES string of the molecule is CC1(C=O)COCCN1Cc1ccccc1. The molecule has 1 aromatic rings. The van der Waals surface area contributed by atoms with E-state index in [0.29, 0.717) is 13.2 Å². The molecule has 1 unspecified atom stereocenters. The van der Waals surface area contributed by atoms with Crippen molar-refractivity contribution in [3.63, 3.8) is 0 Å². The van der Waals surface area contributed by atoms with Gasteiger partial charge in [-0.05, 0) is 12.5 Å². The molecule has 1 saturated heterocycles. The first-order valence-electron chi connectivity index (χ1n) is 5.58. The van der Waals surface area contributed by atoms with Crippen molar-refractivity contribution in [2.45, 2.75) is 19.0 Å². The molecular weight excluding hydrogens is 202 g/mol. The minimum Gasteiger partial charge on any atom is -0.378 e. The summed E-state index contributed by atoms with van der Waals surface area (Å²) < 4.78 is 5.37. The fraction of sp³-hybridized carbons (Fsp3) is 0.462. The molecule has 86 valence electrons. The lowest BCUT2D eigenvalue weighted by atomic mass is 10.0. The number of hydrogen-bond donors (Lipinski definition) is 0. The number of carbonyl (C=O) groups is 1. The second-order valence-corrected chi connectivity index (χ2v) is 4.43. The Kier molecular flexibility index (Phi) is 3.36. The first kappa shape index (κ1) is 11.3. The van der Waals surface area contributed by atoms with Crippen molar-refractivity contribution < 1.29 is 9.53 Å². The van der Waals surface area contributed by atoms with Gasteiger partial charge in [-0.25, -0.2) is 0 Å². The van der Waals surface area contributed by atoms with Gasteiger partial charge in [0.25, 0.3) is 0 Å². The lowest BCUT2D eigenvalue weighted by Gasteiger charge is -2.40. The number of nitrogens with zero attached hydrogens (tertiary/aromatic N) is 1. The van der Waals surface area contributed by atoms with Crippen molar-refractivity contribution in [2.75, 3.05) is 19.8 Å². The summed E-state index contributed by atoms with van der Waals surface area (Å²) in [7, 11) is 0. The third-order valence-electron chi connectivity index (χ3n) is 3.09. The van der Waals surface area contributed by atoms with Crippen molar-refractivity contribution in [1.82, 2.24) is 4.90 Å². The molecule has 1 fully saturated rings. The zero-order valence-corrected chi connectivity index (χ0v) is 9.56. The summed E-state index contributed by atoms with van der Waals surface area (Å²) >= 11 is 0. The van der Waals surface area contributed by atoms with E-state index in [4.69, 9.17) is 4.74 Å². The summed E-state index contributed by atoms with van der Waals surface area (Å²) in [5.41, 5.74) is 0.756. The Hall–Kier alpha value is -1.19. The van der Waals surface area contributed by atoms with Gasteiger partial charge >= 0.3 is 0 Å². The van der Waals surface area contributed by atoms with Gasteiger partial charge in [-0.2, -0.15) is 0 Å². The minimum absolute atomic E-state index is 0.478. The van der Waals surface area contributed by atoms with Crippen LogP contribution in [0.3, 0.4) is 0 Å². The Labute approximate surface area is 96.0 Å². The van der Waals surface area contributed by atoms with Gasteiger partial charge in [0, 0.05) is 13.1 Å². The zero-order chi connectivity index (χ0) is 11.4. The molecule has 1 atom stereocenters. The van der Waals surface area contributed by atoms with E-state index in [1.54, 1.807) is 0 Å². The van der Waals surface area contributed by atoms with E-state index in [1.165, 1.54) is 5.56 Å². The normalized spacial score (nSPS) is 26.6. The van der Waals surface area contributed by atoms with Crippen LogP contribution in [0.4, 0.5) is 0 Å². The Bertz CT molecular complexity index is 352. The Balaban J connectivity index is 2.10. The average Bonchev–Trinajstić information content (AvgIpc) is 2.34. The molecule has 1 aromatic carbocycles. The molecule has 3 heteroatoms. The second kappa shape index (κ2) is 4.76. The van der Waals surface area contributed by atoms with E-state index in [1.807, 2.05) is 25.1 Å². The Morgan fingerprint density at radius 2 is 2.19 bits per heavy atom. The van der Waals surface area contributed by atoms with Gasteiger partial charge in [0.05, 0.1) is 18.8 Å². The maximum absolute atomic E-state index is 11.2. The molecule has 3 nitrogen and oxygen atoms in total. The molecule has 0 saturated carbocycles. The summed E-state index contributed by atoms with van der Waals surface area (Å²) in [6.07, 6.45) is 0.995. The molecule has 0 amide bonds. The van der Waals surface area contributed by atoms with Crippen molar-refractivity contribution in [3.05, 3.63) is 35.9 Å². The van der Waals surface area contributed by atoms with Crippen LogP contribution in [0.15, 0.2) is 30.3 Å². The molecule has 2 rings (SSSR count). The van der Waals surface area contributed by atoms with Crippen LogP contribution < -0.4 is 0 Å². The van der Waals surface area contributed by atoms with Crippen molar-refractivity contribution in [2.24, 2.45) is 0 Å². The molecule has 0 bridgehead atoms. The number of carbonyl (C=O) groups excluding carboxylic acids is 1. The number of rotatable bonds is 3. The highest BCUT2D eigenvalue weighted by Gasteiger charge is 2.34. The van der Waals surface area contributed by atoms with Gasteiger partial charge in [-0.15, -0.1) is 0 Å². The molecule has 1 aliphatic rings. The number of ether oxygens (including phenoxy) is 1. The van der Waals surface area contributed by atoms with Gasteiger partial charge in [-0.1, -0.05) is 30.3 Å². The molecule has 0 N–H and O–H groups in total. The molecule has 1 aliphatic heterocycles. The number of hydrogen-bond acceptors (Lipinski definition) is 3. The van der Waals surface area contributed by atoms with E-state index in [-0.39, 0.29) is 0 Å². The van der Waals surface area contributed by atoms with Gasteiger partial charge in [-0.3, -0.25) is 4.90 Å². The van der Waals surface area contributed by atoms with Crippen LogP contribution in [0.2, 0.25) is 0 Å². The van der Waals surface area contributed by atoms with E-state index >= 15 is 0 Å². The third kappa shape index (κ3) is 2.31. The average molecular weight is 219 g/mol. The largest absolute Gasteiger partial charge is 0.378 e. The summed E-state index contributed by atoms with van der Waals surface area (Å²) in [4.78, 5) is 13.3. The predicted octanol–water partition coefficient (Wildman–Crippen LogP) is 1.48.